The SMILES string of the molecule is CCCn1c(-c2cccc(N)c2O)nc2cc(F)ccc21. The number of phenols is 1. The minimum Gasteiger partial charge on any atom is -0.505 e. The highest BCUT2D eigenvalue weighted by molar-refractivity contribution is 5.83. The number of para-hydroxylation sites is 1. The third-order valence-corrected chi connectivity index (χ3v) is 3.47. The molecule has 0 aliphatic rings. The molecule has 0 saturated heterocycles. The maximum atomic E-state index is 13.4. The summed E-state index contributed by atoms with van der Waals surface area (Å²) >= 11 is 0. The Morgan fingerprint density at radius 3 is 2.86 bits per heavy atom. The normalized spacial score (nSPS) is 11.1. The van der Waals surface area contributed by atoms with E-state index in [9.17, 15) is 9.50 Å². The van der Waals surface area contributed by atoms with Crippen molar-refractivity contribution in [3.05, 3.63) is 42.2 Å². The van der Waals surface area contributed by atoms with Crippen LogP contribution in [0.15, 0.2) is 36.4 Å². The number of halogens is 1. The van der Waals surface area contributed by atoms with E-state index >= 15 is 0 Å². The van der Waals surface area contributed by atoms with Gasteiger partial charge in [-0.15, -0.1) is 0 Å². The first-order valence-corrected chi connectivity index (χ1v) is 6.85. The van der Waals surface area contributed by atoms with Crippen LogP contribution in [0.3, 0.4) is 0 Å². The fraction of sp³-hybridized carbons (Fsp3) is 0.188. The van der Waals surface area contributed by atoms with Gasteiger partial charge in [0.2, 0.25) is 0 Å². The Hall–Kier alpha value is -2.56. The Kier molecular flexibility index (Phi) is 3.25. The number of nitrogens with zero attached hydrogens (tertiary/aromatic N) is 2. The summed E-state index contributed by atoms with van der Waals surface area (Å²) in [5, 5.41) is 10.2. The van der Waals surface area contributed by atoms with Crippen LogP contribution in [-0.2, 0) is 6.54 Å². The number of phenolic OH excluding ortho intramolecular Hbond substituents is 1. The zero-order valence-electron chi connectivity index (χ0n) is 11.7. The van der Waals surface area contributed by atoms with Crippen molar-refractivity contribution in [2.75, 3.05) is 5.73 Å². The Balaban J connectivity index is 2.30. The molecule has 2 aromatic carbocycles. The first kappa shape index (κ1) is 13.4. The largest absolute Gasteiger partial charge is 0.505 e. The average molecular weight is 285 g/mol. The summed E-state index contributed by atoms with van der Waals surface area (Å²) in [6.07, 6.45) is 0.902. The molecule has 1 aromatic heterocycles. The number of aromatic hydroxyl groups is 1. The van der Waals surface area contributed by atoms with Crippen LogP contribution in [0.4, 0.5) is 10.1 Å². The van der Waals surface area contributed by atoms with Crippen molar-refractivity contribution in [3.8, 4) is 17.1 Å². The lowest BCUT2D eigenvalue weighted by atomic mass is 10.1. The molecule has 21 heavy (non-hydrogen) atoms. The van der Waals surface area contributed by atoms with E-state index in [0.29, 0.717) is 22.6 Å². The average Bonchev–Trinajstić information content (AvgIpc) is 2.80. The van der Waals surface area contributed by atoms with Crippen LogP contribution in [0.1, 0.15) is 13.3 Å². The van der Waals surface area contributed by atoms with E-state index in [2.05, 4.69) is 11.9 Å². The van der Waals surface area contributed by atoms with Gasteiger partial charge >= 0.3 is 0 Å². The summed E-state index contributed by atoms with van der Waals surface area (Å²) in [4.78, 5) is 4.47. The lowest BCUT2D eigenvalue weighted by Gasteiger charge is -2.10. The molecule has 0 aliphatic carbocycles. The molecule has 0 radical (unpaired) electrons. The van der Waals surface area contributed by atoms with Crippen molar-refractivity contribution >= 4 is 16.7 Å². The molecule has 0 unspecified atom stereocenters. The summed E-state index contributed by atoms with van der Waals surface area (Å²) in [5.74, 6) is 0.278. The van der Waals surface area contributed by atoms with Gasteiger partial charge in [-0.3, -0.25) is 0 Å². The maximum absolute atomic E-state index is 13.4. The minimum absolute atomic E-state index is 0.00521. The molecule has 108 valence electrons. The van der Waals surface area contributed by atoms with Crippen LogP contribution in [0.5, 0.6) is 5.75 Å². The molecule has 0 saturated carbocycles. The standard InChI is InChI=1S/C16H16FN3O/c1-2-8-20-14-7-6-10(17)9-13(14)19-16(20)11-4-3-5-12(18)15(11)21/h3-7,9,21H,2,8,18H2,1H3. The Labute approximate surface area is 121 Å². The molecule has 4 nitrogen and oxygen atoms in total. The van der Waals surface area contributed by atoms with Crippen LogP contribution in [0, 0.1) is 5.82 Å². The topological polar surface area (TPSA) is 64.1 Å². The fourth-order valence-electron chi connectivity index (χ4n) is 2.50. The predicted octanol–water partition coefficient (Wildman–Crippen LogP) is 3.54. The molecular formula is C16H16FN3O. The lowest BCUT2D eigenvalue weighted by molar-refractivity contribution is 0.479. The van der Waals surface area contributed by atoms with Gasteiger partial charge in [0, 0.05) is 12.6 Å². The van der Waals surface area contributed by atoms with Crippen molar-refractivity contribution in [1.82, 2.24) is 9.55 Å². The number of nitrogens with two attached hydrogens (primary N) is 1. The molecule has 0 bridgehead atoms. The third-order valence-electron chi connectivity index (χ3n) is 3.47. The minimum atomic E-state index is -0.327. The van der Waals surface area contributed by atoms with Crippen molar-refractivity contribution in [1.29, 1.82) is 0 Å². The lowest BCUT2D eigenvalue weighted by Crippen LogP contribution is -2.00. The summed E-state index contributed by atoms with van der Waals surface area (Å²) in [6.45, 7) is 2.78. The third kappa shape index (κ3) is 2.20. The maximum Gasteiger partial charge on any atom is 0.149 e. The number of nitrogen functional groups attached to an aromatic ring is 1. The van der Waals surface area contributed by atoms with E-state index in [0.717, 1.165) is 18.5 Å². The van der Waals surface area contributed by atoms with Gasteiger partial charge in [-0.25, -0.2) is 9.37 Å². The molecule has 3 aromatic rings. The number of benzene rings is 2. The number of hydrogen-bond donors (Lipinski definition) is 2. The van der Waals surface area contributed by atoms with Gasteiger partial charge < -0.3 is 15.4 Å². The number of aryl methyl sites for hydroxylation is 1. The number of rotatable bonds is 3. The number of hydrogen-bond acceptors (Lipinski definition) is 3. The highest BCUT2D eigenvalue weighted by atomic mass is 19.1. The number of imidazole rings is 1. The van der Waals surface area contributed by atoms with Crippen LogP contribution >= 0.6 is 0 Å². The molecule has 0 amide bonds. The Bertz CT molecular complexity index is 811. The van der Waals surface area contributed by atoms with Gasteiger partial charge in [0.25, 0.3) is 0 Å². The quantitative estimate of drug-likeness (QED) is 0.571. The van der Waals surface area contributed by atoms with Crippen LogP contribution < -0.4 is 5.73 Å². The van der Waals surface area contributed by atoms with Crippen molar-refractivity contribution in [3.63, 3.8) is 0 Å². The van der Waals surface area contributed by atoms with Crippen molar-refractivity contribution in [2.45, 2.75) is 19.9 Å². The van der Waals surface area contributed by atoms with Gasteiger partial charge in [0.05, 0.1) is 22.3 Å². The van der Waals surface area contributed by atoms with E-state index in [1.54, 1.807) is 24.3 Å². The first-order valence-electron chi connectivity index (χ1n) is 6.85. The molecule has 0 fully saturated rings. The monoisotopic (exact) mass is 285 g/mol. The molecule has 0 aliphatic heterocycles. The van der Waals surface area contributed by atoms with E-state index in [1.807, 2.05) is 4.57 Å². The molecule has 1 heterocycles. The van der Waals surface area contributed by atoms with Gasteiger partial charge in [0.15, 0.2) is 0 Å². The van der Waals surface area contributed by atoms with Crippen molar-refractivity contribution < 1.29 is 9.50 Å². The summed E-state index contributed by atoms with van der Waals surface area (Å²) < 4.78 is 15.4. The Morgan fingerprint density at radius 1 is 1.29 bits per heavy atom. The summed E-state index contributed by atoms with van der Waals surface area (Å²) in [6, 6.07) is 9.68. The summed E-state index contributed by atoms with van der Waals surface area (Å²) in [5.41, 5.74) is 8.02. The van der Waals surface area contributed by atoms with E-state index in [4.69, 9.17) is 5.73 Å². The molecule has 0 atom stereocenters. The molecule has 3 N–H and O–H groups in total. The van der Waals surface area contributed by atoms with Crippen LogP contribution in [-0.4, -0.2) is 14.7 Å². The smallest absolute Gasteiger partial charge is 0.149 e. The highest BCUT2D eigenvalue weighted by Crippen LogP contribution is 2.35. The van der Waals surface area contributed by atoms with Gasteiger partial charge in [-0.05, 0) is 30.7 Å². The number of fused-ring (bicyclic) bond motifs is 1. The molecule has 0 spiro atoms. The van der Waals surface area contributed by atoms with Crippen LogP contribution in [0.2, 0.25) is 0 Å². The van der Waals surface area contributed by atoms with E-state index < -0.39 is 0 Å². The van der Waals surface area contributed by atoms with Crippen molar-refractivity contribution in [2.24, 2.45) is 0 Å². The molecular weight excluding hydrogens is 269 g/mol. The van der Waals surface area contributed by atoms with Gasteiger partial charge in [-0.2, -0.15) is 0 Å². The van der Waals surface area contributed by atoms with Gasteiger partial charge in [0.1, 0.15) is 17.4 Å². The second-order valence-corrected chi connectivity index (χ2v) is 4.96. The fourth-order valence-corrected chi connectivity index (χ4v) is 2.50. The number of aromatic nitrogens is 2. The highest BCUT2D eigenvalue weighted by Gasteiger charge is 2.16. The number of anilines is 1. The zero-order chi connectivity index (χ0) is 15.0. The Morgan fingerprint density at radius 2 is 2.10 bits per heavy atom. The summed E-state index contributed by atoms with van der Waals surface area (Å²) in [7, 11) is 0. The predicted molar refractivity (Wildman–Crippen MR) is 81.5 cm³/mol. The zero-order valence-corrected chi connectivity index (χ0v) is 11.7. The van der Waals surface area contributed by atoms with Gasteiger partial charge in [-0.1, -0.05) is 13.0 Å². The molecule has 3 rings (SSSR count). The first-order chi connectivity index (χ1) is 10.1. The van der Waals surface area contributed by atoms with E-state index in [-0.39, 0.29) is 11.6 Å². The van der Waals surface area contributed by atoms with Crippen LogP contribution in [0.25, 0.3) is 22.4 Å². The molecule has 5 heteroatoms. The van der Waals surface area contributed by atoms with E-state index in [1.165, 1.54) is 12.1 Å². The second kappa shape index (κ2) is 5.09. The second-order valence-electron chi connectivity index (χ2n) is 4.96.